The molecule has 4 rings (SSSR count). The standard InChI is InChI=1S/C18H18BrN3OS2/c1-11-3-4-12(2)16-15(11)20-18(25-16)22-9-7-21(8-10-22)17(23)13-5-6-14(19)24-13/h3-6H,7-10H2,1-2H3. The van der Waals surface area contributed by atoms with Gasteiger partial charge in [0.25, 0.3) is 5.91 Å². The Hall–Kier alpha value is -1.44. The SMILES string of the molecule is Cc1ccc(C)c2sc(N3CCN(C(=O)c4ccc(Br)s4)CC3)nc12. The van der Waals surface area contributed by atoms with Crippen LogP contribution in [0.5, 0.6) is 0 Å². The fourth-order valence-electron chi connectivity index (χ4n) is 3.07. The van der Waals surface area contributed by atoms with Crippen molar-refractivity contribution in [3.05, 3.63) is 44.1 Å². The first-order valence-electron chi connectivity index (χ1n) is 8.19. The van der Waals surface area contributed by atoms with E-state index >= 15 is 0 Å². The number of aryl methyl sites for hydroxylation is 2. The summed E-state index contributed by atoms with van der Waals surface area (Å²) in [6.07, 6.45) is 0. The Morgan fingerprint density at radius 2 is 1.76 bits per heavy atom. The minimum atomic E-state index is 0.131. The van der Waals surface area contributed by atoms with E-state index in [1.54, 1.807) is 11.3 Å². The lowest BCUT2D eigenvalue weighted by Gasteiger charge is -2.34. The first-order chi connectivity index (χ1) is 12.0. The smallest absolute Gasteiger partial charge is 0.264 e. The number of rotatable bonds is 2. The van der Waals surface area contributed by atoms with Crippen LogP contribution in [0.25, 0.3) is 10.2 Å². The van der Waals surface area contributed by atoms with Crippen LogP contribution < -0.4 is 4.90 Å². The van der Waals surface area contributed by atoms with E-state index in [9.17, 15) is 4.79 Å². The molecule has 0 N–H and O–H groups in total. The van der Waals surface area contributed by atoms with Crippen LogP contribution in [0, 0.1) is 13.8 Å². The van der Waals surface area contributed by atoms with Crippen molar-refractivity contribution in [2.24, 2.45) is 0 Å². The maximum absolute atomic E-state index is 12.6. The molecular formula is C18H18BrN3OS2. The van der Waals surface area contributed by atoms with E-state index in [4.69, 9.17) is 4.98 Å². The molecule has 7 heteroatoms. The Morgan fingerprint density at radius 1 is 1.04 bits per heavy atom. The van der Waals surface area contributed by atoms with Gasteiger partial charge in [0.1, 0.15) is 0 Å². The quantitative estimate of drug-likeness (QED) is 0.585. The summed E-state index contributed by atoms with van der Waals surface area (Å²) in [7, 11) is 0. The zero-order chi connectivity index (χ0) is 17.6. The van der Waals surface area contributed by atoms with Crippen molar-refractivity contribution in [1.29, 1.82) is 0 Å². The van der Waals surface area contributed by atoms with Gasteiger partial charge in [-0.15, -0.1) is 11.3 Å². The molecule has 0 aliphatic carbocycles. The highest BCUT2D eigenvalue weighted by molar-refractivity contribution is 9.11. The highest BCUT2D eigenvalue weighted by Gasteiger charge is 2.25. The summed E-state index contributed by atoms with van der Waals surface area (Å²) in [5.41, 5.74) is 3.61. The molecule has 130 valence electrons. The van der Waals surface area contributed by atoms with E-state index in [1.807, 2.05) is 17.0 Å². The number of hydrogen-bond acceptors (Lipinski definition) is 5. The molecule has 1 fully saturated rings. The largest absolute Gasteiger partial charge is 0.345 e. The fraction of sp³-hybridized carbons (Fsp3) is 0.333. The van der Waals surface area contributed by atoms with Gasteiger partial charge in [0.15, 0.2) is 5.13 Å². The minimum absolute atomic E-state index is 0.131. The second kappa shape index (κ2) is 6.70. The molecule has 1 aromatic carbocycles. The lowest BCUT2D eigenvalue weighted by molar-refractivity contribution is 0.0751. The van der Waals surface area contributed by atoms with Crippen LogP contribution in [0.1, 0.15) is 20.8 Å². The molecule has 1 aliphatic heterocycles. The molecule has 25 heavy (non-hydrogen) atoms. The summed E-state index contributed by atoms with van der Waals surface area (Å²) in [6.45, 7) is 7.39. The van der Waals surface area contributed by atoms with Crippen molar-refractivity contribution in [1.82, 2.24) is 9.88 Å². The molecule has 3 heterocycles. The van der Waals surface area contributed by atoms with E-state index in [0.29, 0.717) is 0 Å². The third-order valence-corrected chi connectivity index (χ3v) is 7.42. The Balaban J connectivity index is 1.49. The number of carbonyl (C=O) groups excluding carboxylic acids is 1. The molecule has 0 atom stereocenters. The number of aromatic nitrogens is 1. The van der Waals surface area contributed by atoms with Gasteiger partial charge < -0.3 is 9.80 Å². The maximum Gasteiger partial charge on any atom is 0.264 e. The molecule has 0 radical (unpaired) electrons. The number of thiophene rings is 1. The number of piperazine rings is 1. The molecule has 1 saturated heterocycles. The van der Waals surface area contributed by atoms with Crippen molar-refractivity contribution in [2.75, 3.05) is 31.1 Å². The number of amides is 1. The lowest BCUT2D eigenvalue weighted by atomic mass is 10.1. The van der Waals surface area contributed by atoms with Crippen molar-refractivity contribution < 1.29 is 4.79 Å². The minimum Gasteiger partial charge on any atom is -0.345 e. The van der Waals surface area contributed by atoms with Crippen LogP contribution in [0.3, 0.4) is 0 Å². The highest BCUT2D eigenvalue weighted by atomic mass is 79.9. The van der Waals surface area contributed by atoms with Gasteiger partial charge in [-0.3, -0.25) is 4.79 Å². The average Bonchev–Trinajstić information content (AvgIpc) is 3.25. The van der Waals surface area contributed by atoms with Gasteiger partial charge >= 0.3 is 0 Å². The molecule has 2 aromatic heterocycles. The first kappa shape index (κ1) is 17.0. The number of fused-ring (bicyclic) bond motifs is 1. The molecule has 1 aliphatic rings. The summed E-state index contributed by atoms with van der Waals surface area (Å²) in [5.74, 6) is 0.131. The third-order valence-electron chi connectivity index (χ3n) is 4.55. The monoisotopic (exact) mass is 435 g/mol. The Morgan fingerprint density at radius 3 is 2.40 bits per heavy atom. The first-order valence-corrected chi connectivity index (χ1v) is 10.6. The topological polar surface area (TPSA) is 36.4 Å². The van der Waals surface area contributed by atoms with Gasteiger partial charge in [-0.25, -0.2) is 4.98 Å². The summed E-state index contributed by atoms with van der Waals surface area (Å²) in [4.78, 5) is 22.5. The van der Waals surface area contributed by atoms with E-state index in [-0.39, 0.29) is 5.91 Å². The fourth-order valence-corrected chi connectivity index (χ4v) is 5.59. The second-order valence-electron chi connectivity index (χ2n) is 6.26. The van der Waals surface area contributed by atoms with Crippen LogP contribution >= 0.6 is 38.6 Å². The van der Waals surface area contributed by atoms with Crippen molar-refractivity contribution in [3.63, 3.8) is 0 Å². The van der Waals surface area contributed by atoms with E-state index in [0.717, 1.165) is 45.5 Å². The Bertz CT molecular complexity index is 902. The van der Waals surface area contributed by atoms with E-state index in [1.165, 1.54) is 27.2 Å². The predicted octanol–water partition coefficient (Wildman–Crippen LogP) is 4.70. The average molecular weight is 436 g/mol. The van der Waals surface area contributed by atoms with E-state index < -0.39 is 0 Å². The molecule has 1 amide bonds. The number of anilines is 1. The maximum atomic E-state index is 12.6. The van der Waals surface area contributed by atoms with Gasteiger partial charge in [0, 0.05) is 26.2 Å². The van der Waals surface area contributed by atoms with Crippen LogP contribution in [-0.4, -0.2) is 42.0 Å². The number of hydrogen-bond donors (Lipinski definition) is 0. The summed E-state index contributed by atoms with van der Waals surface area (Å²) >= 11 is 6.68. The Labute approximate surface area is 163 Å². The molecule has 0 saturated carbocycles. The molecule has 4 nitrogen and oxygen atoms in total. The van der Waals surface area contributed by atoms with E-state index in [2.05, 4.69) is 46.8 Å². The van der Waals surface area contributed by atoms with Crippen molar-refractivity contribution >= 4 is 59.9 Å². The normalized spacial score (nSPS) is 15.2. The zero-order valence-corrected chi connectivity index (χ0v) is 17.3. The van der Waals surface area contributed by atoms with Crippen LogP contribution in [0.4, 0.5) is 5.13 Å². The lowest BCUT2D eigenvalue weighted by Crippen LogP contribution is -2.48. The predicted molar refractivity (Wildman–Crippen MR) is 109 cm³/mol. The number of halogens is 1. The molecule has 0 bridgehead atoms. The number of nitrogens with zero attached hydrogens (tertiary/aromatic N) is 3. The van der Waals surface area contributed by atoms with Gasteiger partial charge in [-0.1, -0.05) is 23.5 Å². The van der Waals surface area contributed by atoms with Crippen molar-refractivity contribution in [2.45, 2.75) is 13.8 Å². The number of benzene rings is 1. The van der Waals surface area contributed by atoms with Crippen LogP contribution in [-0.2, 0) is 0 Å². The summed E-state index contributed by atoms with van der Waals surface area (Å²) < 4.78 is 2.27. The number of thiazole rings is 1. The van der Waals surface area contributed by atoms with Gasteiger partial charge in [-0.05, 0) is 53.0 Å². The van der Waals surface area contributed by atoms with Crippen LogP contribution in [0.15, 0.2) is 28.1 Å². The Kier molecular flexibility index (Phi) is 4.56. The van der Waals surface area contributed by atoms with Gasteiger partial charge in [-0.2, -0.15) is 0 Å². The molecule has 3 aromatic rings. The molecule has 0 unspecified atom stereocenters. The summed E-state index contributed by atoms with van der Waals surface area (Å²) in [6, 6.07) is 8.12. The third kappa shape index (κ3) is 3.20. The van der Waals surface area contributed by atoms with Gasteiger partial charge in [0.2, 0.25) is 0 Å². The van der Waals surface area contributed by atoms with Gasteiger partial charge in [0.05, 0.1) is 18.9 Å². The number of carbonyl (C=O) groups is 1. The molecular weight excluding hydrogens is 418 g/mol. The summed E-state index contributed by atoms with van der Waals surface area (Å²) in [5, 5.41) is 1.07. The van der Waals surface area contributed by atoms with Crippen molar-refractivity contribution in [3.8, 4) is 0 Å². The second-order valence-corrected chi connectivity index (χ2v) is 9.70. The van der Waals surface area contributed by atoms with Crippen LogP contribution in [0.2, 0.25) is 0 Å². The zero-order valence-electron chi connectivity index (χ0n) is 14.1. The highest BCUT2D eigenvalue weighted by Crippen LogP contribution is 2.33. The molecule has 0 spiro atoms.